The predicted octanol–water partition coefficient (Wildman–Crippen LogP) is 0.833. The van der Waals surface area contributed by atoms with Gasteiger partial charge in [-0.05, 0) is 12.8 Å². The van der Waals surface area contributed by atoms with Crippen molar-refractivity contribution in [1.82, 2.24) is 19.7 Å². The van der Waals surface area contributed by atoms with E-state index in [4.69, 9.17) is 4.74 Å². The quantitative estimate of drug-likeness (QED) is 0.621. The Balaban J connectivity index is 1.74. The van der Waals surface area contributed by atoms with Crippen LogP contribution in [0.15, 0.2) is 11.2 Å². The molecule has 7 nitrogen and oxygen atoms in total. The van der Waals surface area contributed by atoms with E-state index in [-0.39, 0.29) is 17.7 Å². The van der Waals surface area contributed by atoms with Gasteiger partial charge in [0.15, 0.2) is 5.03 Å². The van der Waals surface area contributed by atoms with Crippen LogP contribution in [-0.2, 0) is 21.8 Å². The molecular weight excluding hydrogens is 280 g/mol. The van der Waals surface area contributed by atoms with E-state index in [9.17, 15) is 8.42 Å². The number of aromatic nitrogens is 3. The third-order valence-corrected chi connectivity index (χ3v) is 5.00. The Morgan fingerprint density at radius 2 is 2.05 bits per heavy atom. The zero-order valence-electron chi connectivity index (χ0n) is 11.8. The van der Waals surface area contributed by atoms with Crippen molar-refractivity contribution in [1.29, 1.82) is 0 Å². The summed E-state index contributed by atoms with van der Waals surface area (Å²) < 4.78 is 33.4. The van der Waals surface area contributed by atoms with Gasteiger partial charge in [-0.3, -0.25) is 0 Å². The predicted molar refractivity (Wildman–Crippen MR) is 73.6 cm³/mol. The van der Waals surface area contributed by atoms with Crippen molar-refractivity contribution in [2.24, 2.45) is 7.05 Å². The molecule has 2 rings (SSSR count). The van der Waals surface area contributed by atoms with Crippen LogP contribution < -0.4 is 4.72 Å². The second-order valence-electron chi connectivity index (χ2n) is 5.08. The summed E-state index contributed by atoms with van der Waals surface area (Å²) in [7, 11) is -2.00. The minimum Gasteiger partial charge on any atom is -0.377 e. The number of aryl methyl sites for hydroxylation is 1. The molecule has 0 spiro atoms. The van der Waals surface area contributed by atoms with Crippen LogP contribution in [0.3, 0.4) is 0 Å². The van der Waals surface area contributed by atoms with Crippen LogP contribution in [-0.4, -0.2) is 42.7 Å². The van der Waals surface area contributed by atoms with E-state index < -0.39 is 10.0 Å². The van der Waals surface area contributed by atoms with Gasteiger partial charge < -0.3 is 4.74 Å². The van der Waals surface area contributed by atoms with Crippen molar-refractivity contribution < 1.29 is 13.2 Å². The lowest BCUT2D eigenvalue weighted by molar-refractivity contribution is 0.0471. The minimum atomic E-state index is -3.55. The standard InChI is InChI=1S/C12H22N4O3S/c1-16-12(10-13-15-16)20(17,18)14-8-9-19-11-6-4-2-3-5-7-11/h10-11,14H,2-9H2,1H3. The first kappa shape index (κ1) is 15.4. The summed E-state index contributed by atoms with van der Waals surface area (Å²) in [5.41, 5.74) is 0. The maximum Gasteiger partial charge on any atom is 0.259 e. The normalized spacial score (nSPS) is 18.1. The van der Waals surface area contributed by atoms with Crippen molar-refractivity contribution >= 4 is 10.0 Å². The third-order valence-electron chi connectivity index (χ3n) is 3.50. The first-order valence-corrected chi connectivity index (χ1v) is 8.54. The highest BCUT2D eigenvalue weighted by molar-refractivity contribution is 7.89. The van der Waals surface area contributed by atoms with E-state index in [2.05, 4.69) is 15.0 Å². The lowest BCUT2D eigenvalue weighted by Crippen LogP contribution is -2.30. The van der Waals surface area contributed by atoms with Gasteiger partial charge in [0.2, 0.25) is 0 Å². The van der Waals surface area contributed by atoms with Crippen molar-refractivity contribution in [2.45, 2.75) is 49.7 Å². The number of nitrogens with zero attached hydrogens (tertiary/aromatic N) is 3. The topological polar surface area (TPSA) is 86.1 Å². The molecule has 1 aliphatic carbocycles. The second kappa shape index (κ2) is 7.14. The van der Waals surface area contributed by atoms with Crippen LogP contribution in [0.4, 0.5) is 0 Å². The van der Waals surface area contributed by atoms with Crippen LogP contribution >= 0.6 is 0 Å². The summed E-state index contributed by atoms with van der Waals surface area (Å²) in [6, 6.07) is 0. The van der Waals surface area contributed by atoms with Gasteiger partial charge in [-0.2, -0.15) is 0 Å². The first-order chi connectivity index (χ1) is 9.59. The molecular formula is C12H22N4O3S. The molecule has 0 unspecified atom stereocenters. The molecule has 1 heterocycles. The van der Waals surface area contributed by atoms with Crippen molar-refractivity contribution in [2.75, 3.05) is 13.2 Å². The van der Waals surface area contributed by atoms with E-state index in [1.54, 1.807) is 7.05 Å². The third kappa shape index (κ3) is 4.26. The number of hydrogen-bond donors (Lipinski definition) is 1. The summed E-state index contributed by atoms with van der Waals surface area (Å²) in [4.78, 5) is 0. The smallest absolute Gasteiger partial charge is 0.259 e. The van der Waals surface area contributed by atoms with Gasteiger partial charge in [-0.25, -0.2) is 17.8 Å². The molecule has 1 fully saturated rings. The number of sulfonamides is 1. The van der Waals surface area contributed by atoms with E-state index in [0.29, 0.717) is 6.61 Å². The summed E-state index contributed by atoms with van der Waals surface area (Å²) in [6.07, 6.45) is 8.64. The molecule has 1 aromatic rings. The van der Waals surface area contributed by atoms with Crippen molar-refractivity contribution in [3.63, 3.8) is 0 Å². The molecule has 8 heteroatoms. The average Bonchev–Trinajstić information content (AvgIpc) is 2.70. The van der Waals surface area contributed by atoms with Crippen LogP contribution in [0.2, 0.25) is 0 Å². The Bertz CT molecular complexity index is 507. The Morgan fingerprint density at radius 1 is 1.35 bits per heavy atom. The molecule has 1 N–H and O–H groups in total. The summed E-state index contributed by atoms with van der Waals surface area (Å²) in [5.74, 6) is 0. The zero-order valence-corrected chi connectivity index (χ0v) is 12.6. The summed E-state index contributed by atoms with van der Waals surface area (Å²) >= 11 is 0. The van der Waals surface area contributed by atoms with Gasteiger partial charge >= 0.3 is 0 Å². The molecule has 0 aliphatic heterocycles. The van der Waals surface area contributed by atoms with Crippen molar-refractivity contribution in [3.8, 4) is 0 Å². The van der Waals surface area contributed by atoms with E-state index >= 15 is 0 Å². The van der Waals surface area contributed by atoms with Crippen LogP contribution in [0.25, 0.3) is 0 Å². The minimum absolute atomic E-state index is 0.0620. The molecule has 1 saturated carbocycles. The zero-order chi connectivity index (χ0) is 14.4. The van der Waals surface area contributed by atoms with E-state index in [1.807, 2.05) is 0 Å². The summed E-state index contributed by atoms with van der Waals surface area (Å²) in [6.45, 7) is 0.666. The maximum absolute atomic E-state index is 12.0. The lowest BCUT2D eigenvalue weighted by Gasteiger charge is -2.15. The molecule has 0 aromatic carbocycles. The molecule has 0 amide bonds. The van der Waals surface area contributed by atoms with Crippen molar-refractivity contribution in [3.05, 3.63) is 6.20 Å². The highest BCUT2D eigenvalue weighted by Gasteiger charge is 2.18. The Labute approximate surface area is 119 Å². The van der Waals surface area contributed by atoms with Gasteiger partial charge in [0.05, 0.1) is 18.9 Å². The fraction of sp³-hybridized carbons (Fsp3) is 0.833. The highest BCUT2D eigenvalue weighted by Crippen LogP contribution is 2.19. The Hall–Kier alpha value is -0.990. The van der Waals surface area contributed by atoms with Crippen LogP contribution in [0.1, 0.15) is 38.5 Å². The monoisotopic (exact) mass is 302 g/mol. The molecule has 1 aromatic heterocycles. The van der Waals surface area contributed by atoms with E-state index in [1.165, 1.54) is 36.6 Å². The maximum atomic E-state index is 12.0. The second-order valence-corrected chi connectivity index (χ2v) is 6.79. The summed E-state index contributed by atoms with van der Waals surface area (Å²) in [5, 5.41) is 7.24. The molecule has 0 radical (unpaired) electrons. The first-order valence-electron chi connectivity index (χ1n) is 7.05. The largest absolute Gasteiger partial charge is 0.377 e. The van der Waals surface area contributed by atoms with Gasteiger partial charge in [0, 0.05) is 13.6 Å². The molecule has 20 heavy (non-hydrogen) atoms. The fourth-order valence-corrected chi connectivity index (χ4v) is 3.48. The highest BCUT2D eigenvalue weighted by atomic mass is 32.2. The molecule has 0 saturated heterocycles. The van der Waals surface area contributed by atoms with Gasteiger partial charge in [-0.1, -0.05) is 30.9 Å². The molecule has 0 bridgehead atoms. The number of ether oxygens (including phenoxy) is 1. The molecule has 114 valence electrons. The van der Waals surface area contributed by atoms with Gasteiger partial charge in [0.1, 0.15) is 0 Å². The number of rotatable bonds is 6. The average molecular weight is 302 g/mol. The SMILES string of the molecule is Cn1nncc1S(=O)(=O)NCCOC1CCCCCC1. The van der Waals surface area contributed by atoms with E-state index in [0.717, 1.165) is 12.8 Å². The molecule has 1 aliphatic rings. The number of nitrogens with one attached hydrogen (secondary N) is 1. The van der Waals surface area contributed by atoms with Gasteiger partial charge in [-0.15, -0.1) is 5.10 Å². The number of hydrogen-bond acceptors (Lipinski definition) is 5. The van der Waals surface area contributed by atoms with Crippen LogP contribution in [0, 0.1) is 0 Å². The Morgan fingerprint density at radius 3 is 2.65 bits per heavy atom. The lowest BCUT2D eigenvalue weighted by atomic mass is 10.1. The Kier molecular flexibility index (Phi) is 5.50. The molecule has 0 atom stereocenters. The van der Waals surface area contributed by atoms with Crippen LogP contribution in [0.5, 0.6) is 0 Å². The fourth-order valence-electron chi connectivity index (χ4n) is 2.41. The van der Waals surface area contributed by atoms with Gasteiger partial charge in [0.25, 0.3) is 10.0 Å².